The third-order valence-electron chi connectivity index (χ3n) is 2.41. The van der Waals surface area contributed by atoms with Gasteiger partial charge in [0.05, 0.1) is 0 Å². The van der Waals surface area contributed by atoms with Crippen LogP contribution in [0.15, 0.2) is 54.6 Å². The Kier molecular flexibility index (Phi) is 3.84. The number of rotatable bonds is 5. The van der Waals surface area contributed by atoms with Gasteiger partial charge in [-0.2, -0.15) is 8.78 Å². The zero-order chi connectivity index (χ0) is 14.6. The Morgan fingerprint density at radius 3 is 2.10 bits per heavy atom. The predicted octanol–water partition coefficient (Wildman–Crippen LogP) is 3.49. The lowest BCUT2D eigenvalue weighted by Crippen LogP contribution is -2.34. The number of carbonyl (C=O) groups is 1. The second-order valence-electron chi connectivity index (χ2n) is 3.94. The van der Waals surface area contributed by atoms with Crippen molar-refractivity contribution in [3.63, 3.8) is 0 Å². The quantitative estimate of drug-likeness (QED) is 0.879. The van der Waals surface area contributed by atoms with Crippen molar-refractivity contribution in [1.82, 2.24) is 0 Å². The molecule has 20 heavy (non-hydrogen) atoms. The van der Waals surface area contributed by atoms with Crippen molar-refractivity contribution in [1.29, 1.82) is 0 Å². The Morgan fingerprint density at radius 1 is 1.00 bits per heavy atom. The highest BCUT2D eigenvalue weighted by Gasteiger charge is 2.42. The first kappa shape index (κ1) is 13.8. The van der Waals surface area contributed by atoms with E-state index in [0.29, 0.717) is 5.69 Å². The summed E-state index contributed by atoms with van der Waals surface area (Å²) in [7, 11) is 0. The smallest absolute Gasteiger partial charge is 0.474 e. The van der Waals surface area contributed by atoms with E-state index in [9.17, 15) is 13.6 Å². The number of anilines is 2. The second kappa shape index (κ2) is 5.56. The van der Waals surface area contributed by atoms with E-state index in [4.69, 9.17) is 5.11 Å². The maximum atomic E-state index is 12.8. The standard InChI is InChI=1S/C14H11F2NO3/c15-14(16,13(18)19)20-12-8-6-11(7-9-12)17-10-4-2-1-3-5-10/h1-9,17H,(H,18,19). The van der Waals surface area contributed by atoms with Crippen LogP contribution in [0.3, 0.4) is 0 Å². The molecule has 2 aromatic rings. The van der Waals surface area contributed by atoms with Gasteiger partial charge in [-0.3, -0.25) is 0 Å². The predicted molar refractivity (Wildman–Crippen MR) is 69.4 cm³/mol. The van der Waals surface area contributed by atoms with Gasteiger partial charge in [0, 0.05) is 11.4 Å². The molecule has 0 aliphatic carbocycles. The van der Waals surface area contributed by atoms with Gasteiger partial charge < -0.3 is 15.2 Å². The van der Waals surface area contributed by atoms with Gasteiger partial charge >= 0.3 is 12.1 Å². The Bertz CT molecular complexity index is 585. The summed E-state index contributed by atoms with van der Waals surface area (Å²) in [4.78, 5) is 10.2. The molecule has 2 rings (SSSR count). The van der Waals surface area contributed by atoms with Gasteiger partial charge in [0.1, 0.15) is 5.75 Å². The fourth-order valence-corrected chi connectivity index (χ4v) is 1.49. The number of para-hydroxylation sites is 1. The van der Waals surface area contributed by atoms with Gasteiger partial charge in [0.15, 0.2) is 0 Å². The van der Waals surface area contributed by atoms with E-state index < -0.39 is 12.1 Å². The zero-order valence-electron chi connectivity index (χ0n) is 10.2. The first-order chi connectivity index (χ1) is 9.47. The Morgan fingerprint density at radius 2 is 1.55 bits per heavy atom. The van der Waals surface area contributed by atoms with E-state index in [-0.39, 0.29) is 5.75 Å². The third-order valence-corrected chi connectivity index (χ3v) is 2.41. The molecule has 0 bridgehead atoms. The fourth-order valence-electron chi connectivity index (χ4n) is 1.49. The molecule has 0 radical (unpaired) electrons. The van der Waals surface area contributed by atoms with Crippen molar-refractivity contribution < 1.29 is 23.4 Å². The van der Waals surface area contributed by atoms with E-state index in [1.807, 2.05) is 30.3 Å². The van der Waals surface area contributed by atoms with E-state index in [1.165, 1.54) is 24.3 Å². The number of alkyl halides is 2. The van der Waals surface area contributed by atoms with Gasteiger partial charge in [-0.25, -0.2) is 4.79 Å². The number of aliphatic carboxylic acids is 1. The van der Waals surface area contributed by atoms with Crippen molar-refractivity contribution in [3.05, 3.63) is 54.6 Å². The van der Waals surface area contributed by atoms with Gasteiger partial charge in [-0.05, 0) is 36.4 Å². The van der Waals surface area contributed by atoms with Crippen LogP contribution in [0.25, 0.3) is 0 Å². The minimum absolute atomic E-state index is 0.226. The van der Waals surface area contributed by atoms with Crippen LogP contribution in [0, 0.1) is 0 Å². The van der Waals surface area contributed by atoms with E-state index in [1.54, 1.807) is 0 Å². The molecule has 0 heterocycles. The van der Waals surface area contributed by atoms with Gasteiger partial charge in [0.2, 0.25) is 0 Å². The summed E-state index contributed by atoms with van der Waals surface area (Å²) in [6, 6.07) is 14.8. The van der Waals surface area contributed by atoms with Gasteiger partial charge in [-0.15, -0.1) is 0 Å². The highest BCUT2D eigenvalue weighted by molar-refractivity contribution is 5.74. The molecule has 0 aromatic heterocycles. The molecule has 2 aromatic carbocycles. The Hall–Kier alpha value is -2.63. The van der Waals surface area contributed by atoms with Crippen molar-refractivity contribution in [2.75, 3.05) is 5.32 Å². The summed E-state index contributed by atoms with van der Waals surface area (Å²) in [5.41, 5.74) is 1.51. The molecular weight excluding hydrogens is 268 g/mol. The highest BCUT2D eigenvalue weighted by atomic mass is 19.3. The Balaban J connectivity index is 2.05. The lowest BCUT2D eigenvalue weighted by atomic mass is 10.2. The van der Waals surface area contributed by atoms with Crippen LogP contribution in [0.4, 0.5) is 20.2 Å². The van der Waals surface area contributed by atoms with Crippen LogP contribution in [-0.2, 0) is 4.79 Å². The molecule has 2 N–H and O–H groups in total. The zero-order valence-corrected chi connectivity index (χ0v) is 10.2. The molecule has 0 fully saturated rings. The number of benzene rings is 2. The van der Waals surface area contributed by atoms with Gasteiger partial charge in [-0.1, -0.05) is 18.2 Å². The summed E-state index contributed by atoms with van der Waals surface area (Å²) in [6.45, 7) is 0. The summed E-state index contributed by atoms with van der Waals surface area (Å²) in [5.74, 6) is -2.56. The highest BCUT2D eigenvalue weighted by Crippen LogP contribution is 2.24. The minimum Gasteiger partial charge on any atom is -0.474 e. The number of hydrogen-bond acceptors (Lipinski definition) is 3. The van der Waals surface area contributed by atoms with Gasteiger partial charge in [0.25, 0.3) is 0 Å². The molecule has 0 aliphatic rings. The van der Waals surface area contributed by atoms with Crippen molar-refractivity contribution in [2.45, 2.75) is 6.11 Å². The second-order valence-corrected chi connectivity index (χ2v) is 3.94. The molecule has 0 saturated heterocycles. The molecule has 0 amide bonds. The average molecular weight is 279 g/mol. The number of carboxylic acids is 1. The molecular formula is C14H11F2NO3. The minimum atomic E-state index is -4.24. The van der Waals surface area contributed by atoms with Crippen molar-refractivity contribution in [2.24, 2.45) is 0 Å². The summed E-state index contributed by atoms with van der Waals surface area (Å²) >= 11 is 0. The number of nitrogens with one attached hydrogen (secondary N) is 1. The van der Waals surface area contributed by atoms with Crippen LogP contribution >= 0.6 is 0 Å². The summed E-state index contributed by atoms with van der Waals surface area (Å²) in [6.07, 6.45) is -4.24. The monoisotopic (exact) mass is 279 g/mol. The lowest BCUT2D eigenvalue weighted by Gasteiger charge is -2.13. The largest absolute Gasteiger partial charge is 0.501 e. The maximum absolute atomic E-state index is 12.8. The molecule has 4 nitrogen and oxygen atoms in total. The van der Waals surface area contributed by atoms with Crippen molar-refractivity contribution in [3.8, 4) is 5.75 Å². The maximum Gasteiger partial charge on any atom is 0.501 e. The van der Waals surface area contributed by atoms with E-state index in [0.717, 1.165) is 5.69 Å². The van der Waals surface area contributed by atoms with Crippen molar-refractivity contribution >= 4 is 17.3 Å². The topological polar surface area (TPSA) is 58.6 Å². The van der Waals surface area contributed by atoms with Crippen LogP contribution in [-0.4, -0.2) is 17.2 Å². The number of ether oxygens (including phenoxy) is 1. The third kappa shape index (κ3) is 3.44. The molecule has 0 saturated carbocycles. The number of hydrogen-bond donors (Lipinski definition) is 2. The molecule has 104 valence electrons. The number of halogens is 2. The summed E-state index contributed by atoms with van der Waals surface area (Å²) < 4.78 is 29.8. The molecule has 0 aliphatic heterocycles. The van der Waals surface area contributed by atoms with E-state index in [2.05, 4.69) is 10.1 Å². The lowest BCUT2D eigenvalue weighted by molar-refractivity contribution is -0.210. The molecule has 0 unspecified atom stereocenters. The molecule has 6 heteroatoms. The first-order valence-corrected chi connectivity index (χ1v) is 5.70. The van der Waals surface area contributed by atoms with E-state index >= 15 is 0 Å². The number of carboxylic acid groups (broad SMARTS) is 1. The molecule has 0 spiro atoms. The van der Waals surface area contributed by atoms with Crippen LogP contribution < -0.4 is 10.1 Å². The molecule has 0 atom stereocenters. The first-order valence-electron chi connectivity index (χ1n) is 5.70. The fraction of sp³-hybridized carbons (Fsp3) is 0.0714. The van der Waals surface area contributed by atoms with Crippen LogP contribution in [0.5, 0.6) is 5.75 Å². The average Bonchev–Trinajstić information content (AvgIpc) is 2.42. The Labute approximate surface area is 113 Å². The van der Waals surface area contributed by atoms with Crippen LogP contribution in [0.2, 0.25) is 0 Å². The summed E-state index contributed by atoms with van der Waals surface area (Å²) in [5, 5.41) is 11.3. The van der Waals surface area contributed by atoms with Crippen LogP contribution in [0.1, 0.15) is 0 Å². The normalized spacial score (nSPS) is 10.9. The SMILES string of the molecule is O=C(O)C(F)(F)Oc1ccc(Nc2ccccc2)cc1.